The summed E-state index contributed by atoms with van der Waals surface area (Å²) in [5, 5.41) is 87.9. The van der Waals surface area contributed by atoms with E-state index in [0.29, 0.717) is 12.8 Å². The molecule has 0 saturated carbocycles. The number of amides is 1. The van der Waals surface area contributed by atoms with E-state index in [4.69, 9.17) is 18.9 Å². The van der Waals surface area contributed by atoms with Crippen molar-refractivity contribution in [3.05, 3.63) is 36.5 Å². The summed E-state index contributed by atoms with van der Waals surface area (Å²) < 4.78 is 23.0. The first-order chi connectivity index (χ1) is 46.1. The molecule has 1 amide bonds. The summed E-state index contributed by atoms with van der Waals surface area (Å²) in [6.45, 7) is 2.91. The summed E-state index contributed by atoms with van der Waals surface area (Å²) >= 11 is 0. The van der Waals surface area contributed by atoms with E-state index in [-0.39, 0.29) is 12.5 Å². The van der Waals surface area contributed by atoms with Crippen LogP contribution >= 0.6 is 0 Å². The predicted molar refractivity (Wildman–Crippen MR) is 388 cm³/mol. The summed E-state index contributed by atoms with van der Waals surface area (Å²) in [7, 11) is 0. The quantitative estimate of drug-likeness (QED) is 0.0204. The fraction of sp³-hybridized carbons (Fsp3) is 0.912. The van der Waals surface area contributed by atoms with E-state index >= 15 is 0 Å². The third kappa shape index (κ3) is 47.3. The SMILES string of the molecule is CCCCCCC/C=C\C/C=C\C/C=C\CCCCCCCCCCCCCCCCCCCCCCC(=O)NC(COC1OC(CO)C(OC2OC(CO)C(O)C(O)C2O)C(O)C1O)C(O)CCCCCCCCCCCCCCCCCCCCCCCCCCC. The minimum atomic E-state index is -1.78. The molecule has 2 aliphatic rings. The number of unbranched alkanes of at least 4 members (excludes halogenated alkanes) is 49. The maximum absolute atomic E-state index is 13.4. The van der Waals surface area contributed by atoms with Gasteiger partial charge in [-0.15, -0.1) is 0 Å². The number of ether oxygens (including phenoxy) is 4. The molecule has 94 heavy (non-hydrogen) atoms. The monoisotopic (exact) mass is 1330 g/mol. The molecule has 14 heteroatoms. The van der Waals surface area contributed by atoms with E-state index in [2.05, 4.69) is 55.6 Å². The number of carbonyl (C=O) groups is 1. The molecule has 0 radical (unpaired) electrons. The molecule has 2 rings (SSSR count). The van der Waals surface area contributed by atoms with Crippen molar-refractivity contribution in [2.75, 3.05) is 19.8 Å². The molecular weight excluding hydrogens is 1180 g/mol. The molecule has 0 aromatic carbocycles. The second-order valence-corrected chi connectivity index (χ2v) is 28.6. The molecule has 0 aromatic heterocycles. The number of allylic oxidation sites excluding steroid dienone is 6. The molecule has 2 saturated heterocycles. The van der Waals surface area contributed by atoms with Crippen molar-refractivity contribution in [2.24, 2.45) is 0 Å². The maximum atomic E-state index is 13.4. The smallest absolute Gasteiger partial charge is 0.220 e. The van der Waals surface area contributed by atoms with Gasteiger partial charge in [0.2, 0.25) is 5.91 Å². The Bertz CT molecular complexity index is 1720. The van der Waals surface area contributed by atoms with Crippen molar-refractivity contribution in [1.82, 2.24) is 5.32 Å². The number of aliphatic hydroxyl groups is 8. The Labute approximate surface area is 576 Å². The molecule has 0 aromatic rings. The first-order valence-corrected chi connectivity index (χ1v) is 40.2. The fourth-order valence-corrected chi connectivity index (χ4v) is 13.5. The van der Waals surface area contributed by atoms with Crippen molar-refractivity contribution in [1.29, 1.82) is 0 Å². The molecule has 0 aliphatic carbocycles. The van der Waals surface area contributed by atoms with Crippen LogP contribution in [0.1, 0.15) is 373 Å². The molecule has 12 unspecified atom stereocenters. The fourth-order valence-electron chi connectivity index (χ4n) is 13.5. The van der Waals surface area contributed by atoms with Crippen LogP contribution in [0.3, 0.4) is 0 Å². The first-order valence-electron chi connectivity index (χ1n) is 40.2. The number of hydrogen-bond acceptors (Lipinski definition) is 13. The molecule has 12 atom stereocenters. The zero-order valence-electron chi connectivity index (χ0n) is 60.7. The highest BCUT2D eigenvalue weighted by Crippen LogP contribution is 2.30. The molecular formula is C80H151NO13. The van der Waals surface area contributed by atoms with E-state index in [1.807, 2.05) is 0 Å². The van der Waals surface area contributed by atoms with Crippen molar-refractivity contribution in [2.45, 2.75) is 447 Å². The Hall–Kier alpha value is -1.79. The van der Waals surface area contributed by atoms with Crippen LogP contribution in [0.5, 0.6) is 0 Å². The van der Waals surface area contributed by atoms with Crippen LogP contribution in [0.2, 0.25) is 0 Å². The highest BCUT2D eigenvalue weighted by atomic mass is 16.7. The van der Waals surface area contributed by atoms with Crippen molar-refractivity contribution >= 4 is 5.91 Å². The topological polar surface area (TPSA) is 228 Å². The van der Waals surface area contributed by atoms with Crippen LogP contribution in [0, 0.1) is 0 Å². The second kappa shape index (κ2) is 64.6. The van der Waals surface area contributed by atoms with Gasteiger partial charge in [0.1, 0.15) is 48.8 Å². The molecule has 0 bridgehead atoms. The summed E-state index contributed by atoms with van der Waals surface area (Å²) in [6.07, 6.45) is 67.5. The van der Waals surface area contributed by atoms with Gasteiger partial charge < -0.3 is 65.1 Å². The number of hydrogen-bond donors (Lipinski definition) is 9. The lowest BCUT2D eigenvalue weighted by atomic mass is 9.97. The molecule has 2 fully saturated rings. The Balaban J connectivity index is 1.59. The first kappa shape index (κ1) is 88.3. The highest BCUT2D eigenvalue weighted by molar-refractivity contribution is 5.76. The number of aliphatic hydroxyl groups excluding tert-OH is 8. The minimum absolute atomic E-state index is 0.199. The lowest BCUT2D eigenvalue weighted by Crippen LogP contribution is -2.65. The second-order valence-electron chi connectivity index (χ2n) is 28.6. The van der Waals surface area contributed by atoms with Gasteiger partial charge in [0.25, 0.3) is 0 Å². The van der Waals surface area contributed by atoms with Gasteiger partial charge in [-0.25, -0.2) is 0 Å². The Morgan fingerprint density at radius 2 is 0.702 bits per heavy atom. The zero-order valence-corrected chi connectivity index (χ0v) is 60.7. The van der Waals surface area contributed by atoms with E-state index < -0.39 is 86.8 Å². The lowest BCUT2D eigenvalue weighted by molar-refractivity contribution is -0.359. The van der Waals surface area contributed by atoms with Gasteiger partial charge in [0, 0.05) is 6.42 Å². The van der Waals surface area contributed by atoms with Gasteiger partial charge in [-0.2, -0.15) is 0 Å². The average molecular weight is 1340 g/mol. The van der Waals surface area contributed by atoms with Crippen LogP contribution < -0.4 is 5.32 Å². The number of nitrogens with one attached hydrogen (secondary N) is 1. The number of rotatable bonds is 68. The van der Waals surface area contributed by atoms with Crippen LogP contribution in [-0.4, -0.2) is 140 Å². The van der Waals surface area contributed by atoms with Gasteiger partial charge >= 0.3 is 0 Å². The zero-order chi connectivity index (χ0) is 68.0. The number of carbonyl (C=O) groups excluding carboxylic acids is 1. The van der Waals surface area contributed by atoms with Crippen LogP contribution in [0.25, 0.3) is 0 Å². The normalized spacial score (nSPS) is 22.6. The van der Waals surface area contributed by atoms with Gasteiger partial charge in [-0.05, 0) is 51.4 Å². The highest BCUT2D eigenvalue weighted by Gasteiger charge is 2.51. The minimum Gasteiger partial charge on any atom is -0.394 e. The Morgan fingerprint density at radius 1 is 0.383 bits per heavy atom. The summed E-state index contributed by atoms with van der Waals surface area (Å²) in [5.41, 5.74) is 0. The van der Waals surface area contributed by atoms with Gasteiger partial charge in [-0.1, -0.05) is 352 Å². The third-order valence-corrected chi connectivity index (χ3v) is 19.9. The standard InChI is InChI=1S/C80H151NO13/c1-3-5-7-9-11-13-15-17-19-21-23-25-27-29-30-31-32-33-34-35-36-37-38-40-42-44-46-48-50-52-54-56-58-60-62-64-72(85)81-68(67-91-79-77(90)75(88)78(71(66-83)93-79)94-80-76(89)74(87)73(86)70(65-82)92-80)69(84)63-61-59-57-55-53-51-49-47-45-43-41-39-28-26-24-22-20-18-16-14-12-10-8-6-4-2/h15,17,21,23,27,29,68-71,73-80,82-84,86-90H,3-14,16,18-20,22,24-26,28,30-67H2,1-2H3,(H,81,85)/b17-15-,23-21-,29-27-. The average Bonchev–Trinajstić information content (AvgIpc) is 0.794. The van der Waals surface area contributed by atoms with Gasteiger partial charge in [-0.3, -0.25) is 4.79 Å². The molecule has 9 N–H and O–H groups in total. The summed E-state index contributed by atoms with van der Waals surface area (Å²) in [5.74, 6) is -0.199. The van der Waals surface area contributed by atoms with Crippen LogP contribution in [-0.2, 0) is 23.7 Å². The van der Waals surface area contributed by atoms with Crippen molar-refractivity contribution < 1.29 is 64.6 Å². The van der Waals surface area contributed by atoms with Crippen molar-refractivity contribution in [3.63, 3.8) is 0 Å². The lowest BCUT2D eigenvalue weighted by Gasteiger charge is -2.46. The van der Waals surface area contributed by atoms with E-state index in [1.54, 1.807) is 0 Å². The van der Waals surface area contributed by atoms with Crippen molar-refractivity contribution in [3.8, 4) is 0 Å². The third-order valence-electron chi connectivity index (χ3n) is 19.9. The van der Waals surface area contributed by atoms with Gasteiger partial charge in [0.15, 0.2) is 12.6 Å². The van der Waals surface area contributed by atoms with Crippen LogP contribution in [0.4, 0.5) is 0 Å². The molecule has 0 spiro atoms. The molecule has 14 nitrogen and oxygen atoms in total. The largest absolute Gasteiger partial charge is 0.394 e. The predicted octanol–water partition coefficient (Wildman–Crippen LogP) is 18.0. The van der Waals surface area contributed by atoms with E-state index in [1.165, 1.54) is 283 Å². The van der Waals surface area contributed by atoms with E-state index in [0.717, 1.165) is 64.2 Å². The molecule has 2 heterocycles. The Morgan fingerprint density at radius 3 is 1.07 bits per heavy atom. The summed E-state index contributed by atoms with van der Waals surface area (Å²) in [4.78, 5) is 13.4. The molecule has 554 valence electrons. The van der Waals surface area contributed by atoms with E-state index in [9.17, 15) is 45.6 Å². The van der Waals surface area contributed by atoms with Gasteiger partial charge in [0.05, 0.1) is 32.0 Å². The van der Waals surface area contributed by atoms with Crippen LogP contribution in [0.15, 0.2) is 36.5 Å². The summed E-state index contributed by atoms with van der Waals surface area (Å²) in [6, 6.07) is -0.829. The maximum Gasteiger partial charge on any atom is 0.220 e. The molecule has 2 aliphatic heterocycles. The Kier molecular flexibility index (Phi) is 60.7.